The Kier molecular flexibility index (Phi) is 5.16. The second-order valence-corrected chi connectivity index (χ2v) is 5.90. The van der Waals surface area contributed by atoms with Crippen molar-refractivity contribution in [1.82, 2.24) is 14.9 Å². The summed E-state index contributed by atoms with van der Waals surface area (Å²) in [5, 5.41) is 14.0. The van der Waals surface area contributed by atoms with Gasteiger partial charge in [-0.05, 0) is 36.8 Å². The van der Waals surface area contributed by atoms with Crippen LogP contribution >= 0.6 is 0 Å². The molecule has 0 saturated heterocycles. The molecule has 1 N–H and O–H groups in total. The van der Waals surface area contributed by atoms with Crippen LogP contribution in [0.3, 0.4) is 0 Å². The summed E-state index contributed by atoms with van der Waals surface area (Å²) < 4.78 is 6.83. The van der Waals surface area contributed by atoms with Crippen LogP contribution in [0.4, 0.5) is 5.69 Å². The van der Waals surface area contributed by atoms with Gasteiger partial charge in [-0.3, -0.25) is 14.9 Å². The minimum atomic E-state index is -0.576. The molecule has 8 nitrogen and oxygen atoms in total. The largest absolute Gasteiger partial charge is 0.490 e. The standard InChI is InChI=1S/C19H18N4O4/c1-13(14-3-6-16(7-4-14)22-10-9-20-12-22)21-19(24)15-5-8-18(27-2)17(11-15)23(25)26/h3-13H,1-2H3,(H,21,24)/t13-/m0/s1. The van der Waals surface area contributed by atoms with Crippen LogP contribution in [0.5, 0.6) is 5.75 Å². The van der Waals surface area contributed by atoms with Crippen molar-refractivity contribution < 1.29 is 14.5 Å². The summed E-state index contributed by atoms with van der Waals surface area (Å²) in [7, 11) is 1.34. The van der Waals surface area contributed by atoms with Gasteiger partial charge in [-0.15, -0.1) is 0 Å². The molecule has 138 valence electrons. The van der Waals surface area contributed by atoms with Crippen molar-refractivity contribution in [2.24, 2.45) is 0 Å². The number of hydrogen-bond donors (Lipinski definition) is 1. The normalized spacial score (nSPS) is 11.6. The Bertz CT molecular complexity index is 952. The Hall–Kier alpha value is -3.68. The van der Waals surface area contributed by atoms with E-state index >= 15 is 0 Å². The number of nitro groups is 1. The Morgan fingerprint density at radius 3 is 2.59 bits per heavy atom. The maximum absolute atomic E-state index is 12.5. The zero-order valence-electron chi connectivity index (χ0n) is 14.8. The van der Waals surface area contributed by atoms with Crippen LogP contribution < -0.4 is 10.1 Å². The molecule has 3 aromatic rings. The van der Waals surface area contributed by atoms with Crippen molar-refractivity contribution in [2.75, 3.05) is 7.11 Å². The van der Waals surface area contributed by atoms with Crippen LogP contribution in [0.25, 0.3) is 5.69 Å². The van der Waals surface area contributed by atoms with E-state index in [1.165, 1.54) is 25.3 Å². The van der Waals surface area contributed by atoms with Gasteiger partial charge in [-0.2, -0.15) is 0 Å². The first kappa shape index (κ1) is 18.1. The molecule has 0 aliphatic carbocycles. The maximum atomic E-state index is 12.5. The molecule has 1 amide bonds. The third-order valence-electron chi connectivity index (χ3n) is 4.18. The number of nitro benzene ring substituents is 1. The van der Waals surface area contributed by atoms with Gasteiger partial charge in [0.05, 0.1) is 24.4 Å². The van der Waals surface area contributed by atoms with Gasteiger partial charge in [0.15, 0.2) is 5.75 Å². The molecule has 0 radical (unpaired) electrons. The fourth-order valence-corrected chi connectivity index (χ4v) is 2.68. The first-order valence-electron chi connectivity index (χ1n) is 8.21. The lowest BCUT2D eigenvalue weighted by molar-refractivity contribution is -0.385. The summed E-state index contributed by atoms with van der Waals surface area (Å²) in [4.78, 5) is 27.0. The predicted molar refractivity (Wildman–Crippen MR) is 99.1 cm³/mol. The minimum Gasteiger partial charge on any atom is -0.490 e. The van der Waals surface area contributed by atoms with E-state index in [9.17, 15) is 14.9 Å². The lowest BCUT2D eigenvalue weighted by atomic mass is 10.1. The fourth-order valence-electron chi connectivity index (χ4n) is 2.68. The van der Waals surface area contributed by atoms with Crippen molar-refractivity contribution in [3.63, 3.8) is 0 Å². The number of carbonyl (C=O) groups excluding carboxylic acids is 1. The van der Waals surface area contributed by atoms with Crippen molar-refractivity contribution in [3.05, 3.63) is 82.4 Å². The Labute approximate surface area is 155 Å². The van der Waals surface area contributed by atoms with Crippen LogP contribution in [0.15, 0.2) is 61.2 Å². The lowest BCUT2D eigenvalue weighted by Crippen LogP contribution is -2.26. The Balaban J connectivity index is 1.74. The van der Waals surface area contributed by atoms with E-state index in [0.717, 1.165) is 11.3 Å². The number of aromatic nitrogens is 2. The van der Waals surface area contributed by atoms with Gasteiger partial charge >= 0.3 is 5.69 Å². The number of amides is 1. The smallest absolute Gasteiger partial charge is 0.311 e. The number of rotatable bonds is 6. The quantitative estimate of drug-likeness (QED) is 0.533. The topological polar surface area (TPSA) is 99.3 Å². The van der Waals surface area contributed by atoms with Crippen LogP contribution in [0.1, 0.15) is 28.9 Å². The van der Waals surface area contributed by atoms with Crippen LogP contribution in [0.2, 0.25) is 0 Å². The van der Waals surface area contributed by atoms with E-state index in [4.69, 9.17) is 4.74 Å². The van der Waals surface area contributed by atoms with Gasteiger partial charge in [0.1, 0.15) is 0 Å². The van der Waals surface area contributed by atoms with Crippen molar-refractivity contribution in [1.29, 1.82) is 0 Å². The molecule has 0 aliphatic rings. The second kappa shape index (κ2) is 7.69. The van der Waals surface area contributed by atoms with Crippen LogP contribution in [-0.2, 0) is 0 Å². The summed E-state index contributed by atoms with van der Waals surface area (Å²) in [6, 6.07) is 11.5. The number of ether oxygens (including phenoxy) is 1. The number of hydrogen-bond acceptors (Lipinski definition) is 5. The highest BCUT2D eigenvalue weighted by atomic mass is 16.6. The monoisotopic (exact) mass is 366 g/mol. The van der Waals surface area contributed by atoms with E-state index in [1.54, 1.807) is 12.5 Å². The van der Waals surface area contributed by atoms with Crippen molar-refractivity contribution >= 4 is 11.6 Å². The van der Waals surface area contributed by atoms with Crippen molar-refractivity contribution in [3.8, 4) is 11.4 Å². The molecule has 1 aromatic heterocycles. The van der Waals surface area contributed by atoms with E-state index in [2.05, 4.69) is 10.3 Å². The zero-order chi connectivity index (χ0) is 19.4. The first-order valence-corrected chi connectivity index (χ1v) is 8.21. The SMILES string of the molecule is COc1ccc(C(=O)N[C@@H](C)c2ccc(-n3ccnc3)cc2)cc1[N+](=O)[O-]. The average molecular weight is 366 g/mol. The average Bonchev–Trinajstić information content (AvgIpc) is 3.22. The van der Waals surface area contributed by atoms with Crippen molar-refractivity contribution in [2.45, 2.75) is 13.0 Å². The number of benzene rings is 2. The summed E-state index contributed by atoms with van der Waals surface area (Å²) in [5.41, 5.74) is 1.82. The molecule has 1 atom stereocenters. The minimum absolute atomic E-state index is 0.111. The molecular weight excluding hydrogens is 348 g/mol. The van der Waals surface area contributed by atoms with Gasteiger partial charge in [0.25, 0.3) is 5.91 Å². The van der Waals surface area contributed by atoms with Gasteiger partial charge in [-0.25, -0.2) is 4.98 Å². The lowest BCUT2D eigenvalue weighted by Gasteiger charge is -2.15. The number of carbonyl (C=O) groups is 1. The molecule has 0 saturated carbocycles. The molecular formula is C19H18N4O4. The molecule has 0 spiro atoms. The van der Waals surface area contributed by atoms with Gasteiger partial charge < -0.3 is 14.6 Å². The summed E-state index contributed by atoms with van der Waals surface area (Å²) in [6.45, 7) is 1.85. The molecule has 8 heteroatoms. The van der Waals surface area contributed by atoms with Crippen LogP contribution in [-0.4, -0.2) is 27.5 Å². The molecule has 0 fully saturated rings. The molecule has 3 rings (SSSR count). The number of methoxy groups -OCH3 is 1. The van der Waals surface area contributed by atoms with Gasteiger partial charge in [0.2, 0.25) is 0 Å². The highest BCUT2D eigenvalue weighted by molar-refractivity contribution is 5.95. The molecule has 0 unspecified atom stereocenters. The first-order chi connectivity index (χ1) is 13.0. The highest BCUT2D eigenvalue weighted by Crippen LogP contribution is 2.27. The number of imidazole rings is 1. The predicted octanol–water partition coefficient (Wildman–Crippen LogP) is 3.28. The van der Waals surface area contributed by atoms with E-state index in [1.807, 2.05) is 42.0 Å². The molecule has 27 heavy (non-hydrogen) atoms. The van der Waals surface area contributed by atoms with Gasteiger partial charge in [0, 0.05) is 29.7 Å². The van der Waals surface area contributed by atoms with Gasteiger partial charge in [-0.1, -0.05) is 12.1 Å². The highest BCUT2D eigenvalue weighted by Gasteiger charge is 2.19. The molecule has 0 bridgehead atoms. The molecule has 1 heterocycles. The van der Waals surface area contributed by atoms with E-state index in [0.29, 0.717) is 0 Å². The van der Waals surface area contributed by atoms with E-state index in [-0.39, 0.29) is 23.0 Å². The zero-order valence-corrected chi connectivity index (χ0v) is 14.8. The Morgan fingerprint density at radius 2 is 2.00 bits per heavy atom. The number of nitrogens with zero attached hydrogens (tertiary/aromatic N) is 3. The third-order valence-corrected chi connectivity index (χ3v) is 4.18. The van der Waals surface area contributed by atoms with Crippen LogP contribution in [0, 0.1) is 10.1 Å². The Morgan fingerprint density at radius 1 is 1.26 bits per heavy atom. The summed E-state index contributed by atoms with van der Waals surface area (Å²) in [5.74, 6) is -0.286. The maximum Gasteiger partial charge on any atom is 0.311 e. The molecule has 0 aliphatic heterocycles. The third kappa shape index (κ3) is 3.95. The number of nitrogens with one attached hydrogen (secondary N) is 1. The molecule has 2 aromatic carbocycles. The fraction of sp³-hybridized carbons (Fsp3) is 0.158. The second-order valence-electron chi connectivity index (χ2n) is 5.90. The summed E-state index contributed by atoms with van der Waals surface area (Å²) >= 11 is 0. The summed E-state index contributed by atoms with van der Waals surface area (Å²) in [6.07, 6.45) is 5.25. The van der Waals surface area contributed by atoms with E-state index < -0.39 is 10.8 Å².